The third-order valence-electron chi connectivity index (χ3n) is 4.73. The third-order valence-corrected chi connectivity index (χ3v) is 4.73. The molecular formula is C23H26FN5O3. The van der Waals surface area contributed by atoms with Gasteiger partial charge in [-0.3, -0.25) is 4.79 Å². The number of allylic oxidation sites excluding steroid dienone is 3. The van der Waals surface area contributed by atoms with Crippen molar-refractivity contribution < 1.29 is 19.0 Å². The van der Waals surface area contributed by atoms with E-state index in [0.717, 1.165) is 6.20 Å². The highest BCUT2D eigenvalue weighted by molar-refractivity contribution is 5.87. The van der Waals surface area contributed by atoms with E-state index in [-0.39, 0.29) is 29.8 Å². The highest BCUT2D eigenvalue weighted by Crippen LogP contribution is 2.32. The first-order valence-corrected chi connectivity index (χ1v) is 10.2. The molecule has 0 aliphatic carbocycles. The molecule has 1 aliphatic heterocycles. The molecule has 32 heavy (non-hydrogen) atoms. The zero-order valence-corrected chi connectivity index (χ0v) is 17.8. The van der Waals surface area contributed by atoms with Crippen LogP contribution in [0, 0.1) is 5.82 Å². The van der Waals surface area contributed by atoms with Gasteiger partial charge in [0.25, 0.3) is 0 Å². The molecule has 1 aromatic heterocycles. The Morgan fingerprint density at radius 1 is 1.38 bits per heavy atom. The van der Waals surface area contributed by atoms with Crippen LogP contribution in [-0.2, 0) is 9.53 Å². The lowest BCUT2D eigenvalue weighted by molar-refractivity contribution is -0.116. The Morgan fingerprint density at radius 2 is 2.16 bits per heavy atom. The van der Waals surface area contributed by atoms with E-state index >= 15 is 0 Å². The van der Waals surface area contributed by atoms with Crippen molar-refractivity contribution in [3.8, 4) is 5.75 Å². The van der Waals surface area contributed by atoms with Gasteiger partial charge in [0.1, 0.15) is 11.4 Å². The first kappa shape index (κ1) is 23.0. The van der Waals surface area contributed by atoms with Crippen molar-refractivity contribution in [2.75, 3.05) is 43.1 Å². The number of carbonyl (C=O) groups is 1. The van der Waals surface area contributed by atoms with Crippen LogP contribution < -0.4 is 15.5 Å². The van der Waals surface area contributed by atoms with Crippen LogP contribution in [-0.4, -0.2) is 53.8 Å². The first-order valence-electron chi connectivity index (χ1n) is 10.2. The largest absolute Gasteiger partial charge is 0.506 e. The van der Waals surface area contributed by atoms with Crippen LogP contribution in [0.25, 0.3) is 5.57 Å². The Hall–Kier alpha value is -3.72. The molecule has 0 unspecified atom stereocenters. The lowest BCUT2D eigenvalue weighted by atomic mass is 10.1. The van der Waals surface area contributed by atoms with Gasteiger partial charge in [0, 0.05) is 30.9 Å². The van der Waals surface area contributed by atoms with Crippen LogP contribution in [0.1, 0.15) is 12.6 Å². The molecule has 0 radical (unpaired) electrons. The molecule has 168 valence electrons. The first-order chi connectivity index (χ1) is 15.5. The Bertz CT molecular complexity index is 1030. The van der Waals surface area contributed by atoms with Gasteiger partial charge < -0.3 is 25.4 Å². The number of hydrogen-bond acceptors (Lipinski definition) is 7. The molecule has 0 atom stereocenters. The summed E-state index contributed by atoms with van der Waals surface area (Å²) in [6.45, 7) is 7.93. The minimum Gasteiger partial charge on any atom is -0.506 e. The predicted octanol–water partition coefficient (Wildman–Crippen LogP) is 3.16. The van der Waals surface area contributed by atoms with E-state index in [1.165, 1.54) is 6.08 Å². The summed E-state index contributed by atoms with van der Waals surface area (Å²) in [6, 6.07) is 5.07. The van der Waals surface area contributed by atoms with Crippen LogP contribution in [0.2, 0.25) is 0 Å². The summed E-state index contributed by atoms with van der Waals surface area (Å²) in [5.41, 5.74) is 1.92. The molecule has 1 amide bonds. The number of rotatable bonds is 8. The fourth-order valence-electron chi connectivity index (χ4n) is 3.17. The van der Waals surface area contributed by atoms with E-state index in [4.69, 9.17) is 4.74 Å². The van der Waals surface area contributed by atoms with E-state index < -0.39 is 5.82 Å². The third kappa shape index (κ3) is 5.92. The number of morpholine rings is 1. The van der Waals surface area contributed by atoms with Gasteiger partial charge in [-0.1, -0.05) is 24.8 Å². The van der Waals surface area contributed by atoms with Gasteiger partial charge >= 0.3 is 0 Å². The number of phenols is 1. The number of carbonyl (C=O) groups excluding carboxylic acids is 1. The Morgan fingerprint density at radius 3 is 2.88 bits per heavy atom. The number of aromatic nitrogens is 2. The molecule has 0 bridgehead atoms. The molecule has 1 saturated heterocycles. The second kappa shape index (κ2) is 11.1. The molecule has 3 rings (SSSR count). The summed E-state index contributed by atoms with van der Waals surface area (Å²) in [6.07, 6.45) is 7.37. The SMILES string of the molecule is C=CC(=O)NC/C=C(\C=C/C)c1nc(Nc2ccc(O)c(N3CCOCC3)c2)ncc1F. The zero-order valence-electron chi connectivity index (χ0n) is 17.8. The van der Waals surface area contributed by atoms with Gasteiger partial charge in [-0.2, -0.15) is 0 Å². The molecule has 8 nitrogen and oxygen atoms in total. The quantitative estimate of drug-likeness (QED) is 0.330. The second-order valence-corrected chi connectivity index (χ2v) is 6.93. The van der Waals surface area contributed by atoms with Crippen molar-refractivity contribution in [3.63, 3.8) is 0 Å². The summed E-state index contributed by atoms with van der Waals surface area (Å²) in [7, 11) is 0. The molecular weight excluding hydrogens is 413 g/mol. The standard InChI is InChI=1S/C23H26FN5O3/c1-3-5-16(8-9-25-21(31)4-2)22-18(24)15-26-23(28-22)27-17-6-7-20(30)19(14-17)29-10-12-32-13-11-29/h3-8,14-15,30H,2,9-13H2,1H3,(H,25,31)(H,26,27,28)/b5-3-,16-8+. The van der Waals surface area contributed by atoms with Gasteiger partial charge in [0.05, 0.1) is 25.1 Å². The summed E-state index contributed by atoms with van der Waals surface area (Å²) < 4.78 is 19.9. The average molecular weight is 439 g/mol. The highest BCUT2D eigenvalue weighted by atomic mass is 19.1. The number of phenolic OH excluding ortho intramolecular Hbond substituents is 1. The van der Waals surface area contributed by atoms with Gasteiger partial charge in [-0.05, 0) is 31.2 Å². The number of ether oxygens (including phenoxy) is 1. The van der Waals surface area contributed by atoms with E-state index in [0.29, 0.717) is 43.3 Å². The minimum atomic E-state index is -0.588. The van der Waals surface area contributed by atoms with Gasteiger partial charge in [-0.25, -0.2) is 14.4 Å². The Balaban J connectivity index is 1.84. The summed E-state index contributed by atoms with van der Waals surface area (Å²) in [4.78, 5) is 21.8. The van der Waals surface area contributed by atoms with Crippen molar-refractivity contribution >= 4 is 28.8 Å². The number of amides is 1. The lowest BCUT2D eigenvalue weighted by Crippen LogP contribution is -2.36. The normalized spacial score (nSPS) is 14.4. The van der Waals surface area contributed by atoms with E-state index in [9.17, 15) is 14.3 Å². The molecule has 1 aromatic carbocycles. The Kier molecular flexibility index (Phi) is 7.93. The fraction of sp³-hybridized carbons (Fsp3) is 0.261. The van der Waals surface area contributed by atoms with Crippen molar-refractivity contribution in [3.05, 3.63) is 66.8 Å². The van der Waals surface area contributed by atoms with Crippen LogP contribution in [0.5, 0.6) is 5.75 Å². The van der Waals surface area contributed by atoms with Gasteiger partial charge in [-0.15, -0.1) is 0 Å². The number of anilines is 3. The number of halogens is 1. The van der Waals surface area contributed by atoms with E-state index in [1.54, 1.807) is 43.4 Å². The molecule has 2 aromatic rings. The number of benzene rings is 1. The summed E-state index contributed by atoms with van der Waals surface area (Å²) in [5.74, 6) is -0.548. The van der Waals surface area contributed by atoms with Gasteiger partial charge in [0.2, 0.25) is 11.9 Å². The highest BCUT2D eigenvalue weighted by Gasteiger charge is 2.16. The molecule has 1 aliphatic rings. The van der Waals surface area contributed by atoms with Crippen LogP contribution >= 0.6 is 0 Å². The maximum absolute atomic E-state index is 14.5. The lowest BCUT2D eigenvalue weighted by Gasteiger charge is -2.29. The zero-order chi connectivity index (χ0) is 22.9. The monoisotopic (exact) mass is 439 g/mol. The molecule has 3 N–H and O–H groups in total. The van der Waals surface area contributed by atoms with Gasteiger partial charge in [0.15, 0.2) is 5.82 Å². The van der Waals surface area contributed by atoms with Crippen LogP contribution in [0.3, 0.4) is 0 Å². The summed E-state index contributed by atoms with van der Waals surface area (Å²) in [5, 5.41) is 16.0. The van der Waals surface area contributed by atoms with Crippen molar-refractivity contribution in [1.82, 2.24) is 15.3 Å². The van der Waals surface area contributed by atoms with Crippen molar-refractivity contribution in [1.29, 1.82) is 0 Å². The molecule has 9 heteroatoms. The molecule has 0 spiro atoms. The predicted molar refractivity (Wildman–Crippen MR) is 122 cm³/mol. The maximum atomic E-state index is 14.5. The Labute approximate surface area is 186 Å². The number of nitrogens with one attached hydrogen (secondary N) is 2. The summed E-state index contributed by atoms with van der Waals surface area (Å²) >= 11 is 0. The van der Waals surface area contributed by atoms with Crippen LogP contribution in [0.15, 0.2) is 55.3 Å². The molecule has 2 heterocycles. The van der Waals surface area contributed by atoms with Crippen molar-refractivity contribution in [2.45, 2.75) is 6.92 Å². The average Bonchev–Trinajstić information content (AvgIpc) is 2.81. The topological polar surface area (TPSA) is 99.6 Å². The fourth-order valence-corrected chi connectivity index (χ4v) is 3.17. The molecule has 0 saturated carbocycles. The smallest absolute Gasteiger partial charge is 0.243 e. The van der Waals surface area contributed by atoms with E-state index in [1.807, 2.05) is 4.90 Å². The van der Waals surface area contributed by atoms with Crippen LogP contribution in [0.4, 0.5) is 21.7 Å². The second-order valence-electron chi connectivity index (χ2n) is 6.93. The number of aromatic hydroxyl groups is 1. The number of hydrogen-bond donors (Lipinski definition) is 3. The maximum Gasteiger partial charge on any atom is 0.243 e. The van der Waals surface area contributed by atoms with E-state index in [2.05, 4.69) is 27.2 Å². The molecule has 1 fully saturated rings. The number of nitrogens with zero attached hydrogens (tertiary/aromatic N) is 3. The van der Waals surface area contributed by atoms with Crippen molar-refractivity contribution in [2.24, 2.45) is 0 Å². The minimum absolute atomic E-state index is 0.0978.